The van der Waals surface area contributed by atoms with Gasteiger partial charge in [0.15, 0.2) is 0 Å². The average molecular weight is 218 g/mol. The molecule has 0 aliphatic heterocycles. The number of ether oxygens (including phenoxy) is 1. The second-order valence-corrected chi connectivity index (χ2v) is 4.98. The van der Waals surface area contributed by atoms with Crippen molar-refractivity contribution in [3.8, 4) is 0 Å². The van der Waals surface area contributed by atoms with Crippen molar-refractivity contribution in [2.24, 2.45) is 0 Å². The fourth-order valence-electron chi connectivity index (χ4n) is 1.49. The maximum Gasteiger partial charge on any atom is 0.0845 e. The van der Waals surface area contributed by atoms with E-state index in [0.29, 0.717) is 0 Å². The molecule has 1 aromatic carbocycles. The maximum atomic E-state index is 5.15. The van der Waals surface area contributed by atoms with Gasteiger partial charge >= 0.3 is 0 Å². The third-order valence-corrected chi connectivity index (χ3v) is 2.53. The van der Waals surface area contributed by atoms with E-state index in [1.54, 1.807) is 6.26 Å². The summed E-state index contributed by atoms with van der Waals surface area (Å²) in [6.45, 7) is 9.42. The SMILES string of the molecule is CCO/C=C\Cc1ccc(C(C)(C)C)cc1. The van der Waals surface area contributed by atoms with Gasteiger partial charge in [0.25, 0.3) is 0 Å². The molecule has 88 valence electrons. The van der Waals surface area contributed by atoms with Crippen molar-refractivity contribution >= 4 is 0 Å². The van der Waals surface area contributed by atoms with Gasteiger partial charge in [0.05, 0.1) is 12.9 Å². The molecule has 0 unspecified atom stereocenters. The lowest BCUT2D eigenvalue weighted by Gasteiger charge is -2.18. The Labute approximate surface area is 99.1 Å². The normalized spacial score (nSPS) is 12.0. The molecule has 0 fully saturated rings. The fraction of sp³-hybridized carbons (Fsp3) is 0.467. The van der Waals surface area contributed by atoms with Crippen molar-refractivity contribution in [3.63, 3.8) is 0 Å². The first-order chi connectivity index (χ1) is 7.54. The summed E-state index contributed by atoms with van der Waals surface area (Å²) in [5.74, 6) is 0. The van der Waals surface area contributed by atoms with Crippen LogP contribution >= 0.6 is 0 Å². The zero-order chi connectivity index (χ0) is 12.0. The minimum Gasteiger partial charge on any atom is -0.502 e. The Morgan fingerprint density at radius 3 is 2.25 bits per heavy atom. The highest BCUT2D eigenvalue weighted by atomic mass is 16.5. The molecule has 0 radical (unpaired) electrons. The molecular weight excluding hydrogens is 196 g/mol. The van der Waals surface area contributed by atoms with Gasteiger partial charge in [-0.25, -0.2) is 0 Å². The van der Waals surface area contributed by atoms with Crippen LogP contribution in [0.25, 0.3) is 0 Å². The highest BCUT2D eigenvalue weighted by molar-refractivity contribution is 5.28. The first-order valence-corrected chi connectivity index (χ1v) is 5.90. The molecule has 1 aromatic rings. The van der Waals surface area contributed by atoms with Crippen LogP contribution in [-0.4, -0.2) is 6.61 Å². The maximum absolute atomic E-state index is 5.15. The summed E-state index contributed by atoms with van der Waals surface area (Å²) in [5.41, 5.74) is 2.94. The summed E-state index contributed by atoms with van der Waals surface area (Å²) < 4.78 is 5.15. The van der Waals surface area contributed by atoms with Gasteiger partial charge in [-0.15, -0.1) is 0 Å². The van der Waals surface area contributed by atoms with E-state index in [1.807, 2.05) is 6.92 Å². The molecular formula is C15H22O. The van der Waals surface area contributed by atoms with Crippen molar-refractivity contribution in [3.05, 3.63) is 47.7 Å². The van der Waals surface area contributed by atoms with Crippen LogP contribution in [-0.2, 0) is 16.6 Å². The van der Waals surface area contributed by atoms with E-state index in [9.17, 15) is 0 Å². The molecule has 1 nitrogen and oxygen atoms in total. The van der Waals surface area contributed by atoms with E-state index in [4.69, 9.17) is 4.74 Å². The van der Waals surface area contributed by atoms with Crippen LogP contribution in [0.2, 0.25) is 0 Å². The first-order valence-electron chi connectivity index (χ1n) is 5.90. The Hall–Kier alpha value is -1.24. The van der Waals surface area contributed by atoms with Crippen LogP contribution in [0.3, 0.4) is 0 Å². The molecule has 0 aromatic heterocycles. The van der Waals surface area contributed by atoms with Crippen LogP contribution in [0.15, 0.2) is 36.6 Å². The average Bonchev–Trinajstić information content (AvgIpc) is 2.24. The Morgan fingerprint density at radius 1 is 1.12 bits per heavy atom. The monoisotopic (exact) mass is 218 g/mol. The van der Waals surface area contributed by atoms with Crippen molar-refractivity contribution < 1.29 is 4.74 Å². The quantitative estimate of drug-likeness (QED) is 0.692. The van der Waals surface area contributed by atoms with Crippen LogP contribution in [0.5, 0.6) is 0 Å². The molecule has 0 aliphatic rings. The zero-order valence-electron chi connectivity index (χ0n) is 10.8. The van der Waals surface area contributed by atoms with E-state index in [0.717, 1.165) is 13.0 Å². The van der Waals surface area contributed by atoms with Gasteiger partial charge in [-0.2, -0.15) is 0 Å². The first kappa shape index (κ1) is 12.8. The third-order valence-electron chi connectivity index (χ3n) is 2.53. The van der Waals surface area contributed by atoms with Gasteiger partial charge in [-0.3, -0.25) is 0 Å². The van der Waals surface area contributed by atoms with Gasteiger partial charge in [0.2, 0.25) is 0 Å². The lowest BCUT2D eigenvalue weighted by Crippen LogP contribution is -2.10. The smallest absolute Gasteiger partial charge is 0.0845 e. The number of rotatable bonds is 4. The van der Waals surface area contributed by atoms with Gasteiger partial charge in [-0.05, 0) is 36.0 Å². The summed E-state index contributed by atoms with van der Waals surface area (Å²) in [6, 6.07) is 8.81. The Balaban J connectivity index is 2.58. The predicted octanol–water partition coefficient (Wildman–Crippen LogP) is 4.08. The van der Waals surface area contributed by atoms with E-state index < -0.39 is 0 Å². The van der Waals surface area contributed by atoms with Crippen LogP contribution in [0, 0.1) is 0 Å². The number of benzene rings is 1. The van der Waals surface area contributed by atoms with Gasteiger partial charge in [-0.1, -0.05) is 45.0 Å². The van der Waals surface area contributed by atoms with Crippen molar-refractivity contribution in [2.45, 2.75) is 39.5 Å². The molecule has 0 aliphatic carbocycles. The van der Waals surface area contributed by atoms with Gasteiger partial charge < -0.3 is 4.74 Å². The second kappa shape index (κ2) is 5.74. The molecule has 1 rings (SSSR count). The Kier molecular flexibility index (Phi) is 4.60. The highest BCUT2D eigenvalue weighted by Crippen LogP contribution is 2.22. The lowest BCUT2D eigenvalue weighted by molar-refractivity contribution is 0.268. The summed E-state index contributed by atoms with van der Waals surface area (Å²) in [5, 5.41) is 0. The Bertz CT molecular complexity index is 327. The van der Waals surface area contributed by atoms with E-state index in [2.05, 4.69) is 51.1 Å². The topological polar surface area (TPSA) is 9.23 Å². The highest BCUT2D eigenvalue weighted by Gasteiger charge is 2.12. The summed E-state index contributed by atoms with van der Waals surface area (Å²) in [7, 11) is 0. The van der Waals surface area contributed by atoms with Crippen molar-refractivity contribution in [1.82, 2.24) is 0 Å². The number of hydrogen-bond acceptors (Lipinski definition) is 1. The third kappa shape index (κ3) is 4.09. The van der Waals surface area contributed by atoms with Gasteiger partial charge in [0, 0.05) is 0 Å². The van der Waals surface area contributed by atoms with Crippen LogP contribution in [0.1, 0.15) is 38.8 Å². The molecule has 0 spiro atoms. The molecule has 0 amide bonds. The Morgan fingerprint density at radius 2 is 1.75 bits per heavy atom. The molecule has 0 saturated heterocycles. The molecule has 1 heteroatoms. The van der Waals surface area contributed by atoms with Crippen molar-refractivity contribution in [2.75, 3.05) is 6.61 Å². The van der Waals surface area contributed by atoms with Gasteiger partial charge in [0.1, 0.15) is 0 Å². The standard InChI is InChI=1S/C15H22O/c1-5-16-12-6-7-13-8-10-14(11-9-13)15(2,3)4/h6,8-12H,5,7H2,1-4H3/b12-6-. The van der Waals surface area contributed by atoms with Crippen LogP contribution < -0.4 is 0 Å². The van der Waals surface area contributed by atoms with E-state index >= 15 is 0 Å². The minimum atomic E-state index is 0.236. The summed E-state index contributed by atoms with van der Waals surface area (Å²) in [6.07, 6.45) is 4.76. The second-order valence-electron chi connectivity index (χ2n) is 4.98. The summed E-state index contributed by atoms with van der Waals surface area (Å²) >= 11 is 0. The number of hydrogen-bond donors (Lipinski definition) is 0. The lowest BCUT2D eigenvalue weighted by atomic mass is 9.86. The molecule has 0 saturated carbocycles. The minimum absolute atomic E-state index is 0.236. The summed E-state index contributed by atoms with van der Waals surface area (Å²) in [4.78, 5) is 0. The van der Waals surface area contributed by atoms with Crippen LogP contribution in [0.4, 0.5) is 0 Å². The molecule has 16 heavy (non-hydrogen) atoms. The molecule has 0 N–H and O–H groups in total. The van der Waals surface area contributed by atoms with E-state index in [1.165, 1.54) is 11.1 Å². The van der Waals surface area contributed by atoms with E-state index in [-0.39, 0.29) is 5.41 Å². The molecule has 0 heterocycles. The number of allylic oxidation sites excluding steroid dienone is 1. The fourth-order valence-corrected chi connectivity index (χ4v) is 1.49. The largest absolute Gasteiger partial charge is 0.502 e. The van der Waals surface area contributed by atoms with Crippen molar-refractivity contribution in [1.29, 1.82) is 0 Å². The zero-order valence-corrected chi connectivity index (χ0v) is 10.8. The molecule has 0 atom stereocenters. The predicted molar refractivity (Wildman–Crippen MR) is 69.6 cm³/mol. The molecule has 0 bridgehead atoms.